The number of nitrogens with zero attached hydrogens (tertiary/aromatic N) is 2. The summed E-state index contributed by atoms with van der Waals surface area (Å²) in [6, 6.07) is 2.44. The van der Waals surface area contributed by atoms with Crippen molar-refractivity contribution in [3.63, 3.8) is 0 Å². The highest BCUT2D eigenvalue weighted by atomic mass is 35.5. The molecule has 3 aromatic rings. The van der Waals surface area contributed by atoms with Gasteiger partial charge in [0.05, 0.1) is 40.1 Å². The fourth-order valence-corrected chi connectivity index (χ4v) is 6.29. The van der Waals surface area contributed by atoms with Gasteiger partial charge in [-0.05, 0) is 42.9 Å². The summed E-state index contributed by atoms with van der Waals surface area (Å²) < 4.78 is 27.0. The number of esters is 1. The van der Waals surface area contributed by atoms with E-state index < -0.39 is 29.0 Å². The first kappa shape index (κ1) is 25.9. The number of nitrogens with one attached hydrogen (secondary N) is 1. The molecular formula is C28H27ClFN3O6. The Hall–Kier alpha value is -3.34. The summed E-state index contributed by atoms with van der Waals surface area (Å²) in [7, 11) is 0. The third-order valence-corrected chi connectivity index (χ3v) is 8.37. The molecule has 4 heterocycles. The molecule has 0 spiro atoms. The molecule has 0 bridgehead atoms. The van der Waals surface area contributed by atoms with Crippen molar-refractivity contribution >= 4 is 34.4 Å². The number of benzene rings is 1. The van der Waals surface area contributed by atoms with E-state index in [9.17, 15) is 23.9 Å². The number of rotatable bonds is 6. The van der Waals surface area contributed by atoms with Gasteiger partial charge in [0.2, 0.25) is 5.91 Å². The second-order valence-electron chi connectivity index (χ2n) is 10.2. The van der Waals surface area contributed by atoms with Gasteiger partial charge < -0.3 is 24.5 Å². The number of cyclic esters (lactones) is 1. The smallest absolute Gasteiger partial charge is 0.343 e. The van der Waals surface area contributed by atoms with Crippen molar-refractivity contribution in [2.24, 2.45) is 0 Å². The number of ether oxygens (including phenoxy) is 2. The van der Waals surface area contributed by atoms with Crippen LogP contribution in [0.1, 0.15) is 67.0 Å². The summed E-state index contributed by atoms with van der Waals surface area (Å²) in [6.45, 7) is 3.88. The predicted octanol–water partition coefficient (Wildman–Crippen LogP) is 3.40. The lowest BCUT2D eigenvalue weighted by molar-refractivity contribution is -0.172. The average Bonchev–Trinajstić information content (AvgIpc) is 3.29. The molecule has 1 aromatic carbocycles. The molecule has 0 radical (unpaired) electrons. The zero-order chi connectivity index (χ0) is 27.6. The van der Waals surface area contributed by atoms with Crippen molar-refractivity contribution in [1.29, 1.82) is 0 Å². The molecule has 6 rings (SSSR count). The summed E-state index contributed by atoms with van der Waals surface area (Å²) in [6.07, 6.45) is 1.71. The van der Waals surface area contributed by atoms with Gasteiger partial charge in [-0.25, -0.2) is 14.2 Å². The minimum absolute atomic E-state index is 0.0201. The predicted molar refractivity (Wildman–Crippen MR) is 140 cm³/mol. The van der Waals surface area contributed by atoms with Crippen LogP contribution in [0.2, 0.25) is 5.02 Å². The van der Waals surface area contributed by atoms with Gasteiger partial charge in [0, 0.05) is 29.2 Å². The molecule has 2 atom stereocenters. The summed E-state index contributed by atoms with van der Waals surface area (Å²) in [5.74, 6) is -1.69. The number of halogens is 2. The molecule has 2 N–H and O–H groups in total. The minimum atomic E-state index is -1.96. The van der Waals surface area contributed by atoms with E-state index in [0.29, 0.717) is 52.9 Å². The second kappa shape index (κ2) is 9.39. The van der Waals surface area contributed by atoms with E-state index >= 15 is 0 Å². The number of pyridine rings is 2. The average molecular weight is 556 g/mol. The van der Waals surface area contributed by atoms with Crippen LogP contribution in [-0.4, -0.2) is 39.7 Å². The third kappa shape index (κ3) is 3.80. The van der Waals surface area contributed by atoms with Crippen molar-refractivity contribution in [3.8, 4) is 11.4 Å². The van der Waals surface area contributed by atoms with Crippen LogP contribution in [0.4, 0.5) is 4.39 Å². The molecule has 2 aromatic heterocycles. The van der Waals surface area contributed by atoms with E-state index in [1.807, 2.05) is 6.92 Å². The van der Waals surface area contributed by atoms with Gasteiger partial charge in [-0.2, -0.15) is 0 Å². The van der Waals surface area contributed by atoms with Crippen molar-refractivity contribution in [1.82, 2.24) is 14.9 Å². The number of fused-ring (bicyclic) bond motifs is 5. The maximum atomic E-state index is 14.9. The lowest BCUT2D eigenvalue weighted by Crippen LogP contribution is -2.44. The summed E-state index contributed by atoms with van der Waals surface area (Å²) in [5, 5.41) is 14.9. The molecule has 1 aliphatic carbocycles. The Morgan fingerprint density at radius 1 is 1.31 bits per heavy atom. The van der Waals surface area contributed by atoms with Gasteiger partial charge in [-0.1, -0.05) is 25.4 Å². The van der Waals surface area contributed by atoms with Crippen molar-refractivity contribution < 1.29 is 28.6 Å². The van der Waals surface area contributed by atoms with Crippen LogP contribution in [0, 0.1) is 5.82 Å². The molecule has 1 amide bonds. The fourth-order valence-electron chi connectivity index (χ4n) is 6.04. The molecule has 3 aliphatic rings. The van der Waals surface area contributed by atoms with Gasteiger partial charge in [-0.3, -0.25) is 9.59 Å². The zero-order valence-electron chi connectivity index (χ0n) is 21.5. The Morgan fingerprint density at radius 3 is 2.85 bits per heavy atom. The summed E-state index contributed by atoms with van der Waals surface area (Å²) in [5.41, 5.74) is 1.31. The molecule has 9 nitrogen and oxygen atoms in total. The van der Waals surface area contributed by atoms with Crippen LogP contribution < -0.4 is 10.9 Å². The van der Waals surface area contributed by atoms with Gasteiger partial charge in [0.1, 0.15) is 19.0 Å². The molecule has 11 heteroatoms. The van der Waals surface area contributed by atoms with E-state index in [4.69, 9.17) is 26.1 Å². The first-order valence-corrected chi connectivity index (χ1v) is 13.4. The Bertz CT molecular complexity index is 1640. The number of hydrogen-bond donors (Lipinski definition) is 2. The van der Waals surface area contributed by atoms with E-state index in [2.05, 4.69) is 5.32 Å². The van der Waals surface area contributed by atoms with Gasteiger partial charge in [0.15, 0.2) is 5.60 Å². The zero-order valence-corrected chi connectivity index (χ0v) is 22.3. The molecule has 204 valence electrons. The van der Waals surface area contributed by atoms with Crippen LogP contribution in [0.5, 0.6) is 0 Å². The number of carbonyl (C=O) groups excluding carboxylic acids is 2. The van der Waals surface area contributed by atoms with Crippen molar-refractivity contribution in [2.75, 3.05) is 13.2 Å². The SMILES string of the molecule is CCCOCC(=O)N[C@H]1CCc2c(Cl)c(F)cc3nc4c(c1c23)Cn1c-4cc2c(c1=O)COC(=O)[C@]2(O)CC. The highest BCUT2D eigenvalue weighted by molar-refractivity contribution is 6.32. The monoisotopic (exact) mass is 555 g/mol. The number of aromatic nitrogens is 2. The number of aliphatic hydroxyl groups is 1. The lowest BCUT2D eigenvalue weighted by Gasteiger charge is -2.31. The third-order valence-electron chi connectivity index (χ3n) is 7.96. The maximum absolute atomic E-state index is 14.9. The Kier molecular flexibility index (Phi) is 6.24. The van der Waals surface area contributed by atoms with E-state index in [1.165, 1.54) is 10.6 Å². The lowest BCUT2D eigenvalue weighted by atomic mass is 9.83. The van der Waals surface area contributed by atoms with Crippen LogP contribution in [0.3, 0.4) is 0 Å². The van der Waals surface area contributed by atoms with Crippen molar-refractivity contribution in [2.45, 2.75) is 64.3 Å². The minimum Gasteiger partial charge on any atom is -0.458 e. The molecule has 0 fully saturated rings. The molecule has 0 unspecified atom stereocenters. The first-order chi connectivity index (χ1) is 18.7. The van der Waals surface area contributed by atoms with E-state index in [-0.39, 0.29) is 48.2 Å². The largest absolute Gasteiger partial charge is 0.458 e. The van der Waals surface area contributed by atoms with Gasteiger partial charge >= 0.3 is 5.97 Å². The van der Waals surface area contributed by atoms with Crippen LogP contribution in [0.15, 0.2) is 16.9 Å². The second-order valence-corrected chi connectivity index (χ2v) is 10.6. The highest BCUT2D eigenvalue weighted by Crippen LogP contribution is 2.46. The van der Waals surface area contributed by atoms with Crippen LogP contribution in [0.25, 0.3) is 22.3 Å². The number of aryl methyl sites for hydroxylation is 1. The maximum Gasteiger partial charge on any atom is 0.343 e. The normalized spacial score (nSPS) is 20.8. The molecule has 39 heavy (non-hydrogen) atoms. The highest BCUT2D eigenvalue weighted by Gasteiger charge is 2.46. The number of hydrogen-bond acceptors (Lipinski definition) is 7. The Morgan fingerprint density at radius 2 is 2.10 bits per heavy atom. The topological polar surface area (TPSA) is 120 Å². The molecular weight excluding hydrogens is 529 g/mol. The number of amides is 1. The standard InChI is InChI=1S/C28H27ClFN3O6/c1-3-7-38-12-21(34)31-18-6-5-13-22-19(9-17(30)24(13)29)32-25-14(23(18)22)10-33-20(25)8-16-15(26(33)35)11-39-27(36)28(16,37)4-2/h8-9,18,37H,3-7,10-12H2,1-2H3,(H,31,34)/t18-,28-/m0/s1. The van der Waals surface area contributed by atoms with Gasteiger partial charge in [0.25, 0.3) is 5.56 Å². The fraction of sp³-hybridized carbons (Fsp3) is 0.429. The van der Waals surface area contributed by atoms with E-state index in [1.54, 1.807) is 13.0 Å². The molecule has 0 saturated heterocycles. The van der Waals surface area contributed by atoms with Crippen LogP contribution in [-0.2, 0) is 44.2 Å². The molecule has 0 saturated carbocycles. The number of carbonyl (C=O) groups is 2. The first-order valence-electron chi connectivity index (χ1n) is 13.1. The van der Waals surface area contributed by atoms with Crippen molar-refractivity contribution in [3.05, 3.63) is 61.1 Å². The summed E-state index contributed by atoms with van der Waals surface area (Å²) >= 11 is 6.39. The van der Waals surface area contributed by atoms with Gasteiger partial charge in [-0.15, -0.1) is 0 Å². The Balaban J connectivity index is 1.56. The molecule has 2 aliphatic heterocycles. The van der Waals surface area contributed by atoms with E-state index in [0.717, 1.165) is 12.0 Å². The van der Waals surface area contributed by atoms with Crippen LogP contribution >= 0.6 is 11.6 Å². The summed E-state index contributed by atoms with van der Waals surface area (Å²) in [4.78, 5) is 43.7. The quantitative estimate of drug-likeness (QED) is 0.276. The Labute approximate surface area is 227 Å².